The maximum atomic E-state index is 12.5. The first-order chi connectivity index (χ1) is 11.6. The molecule has 0 aliphatic rings. The van der Waals surface area contributed by atoms with Crippen molar-refractivity contribution in [2.75, 3.05) is 12.4 Å². The summed E-state index contributed by atoms with van der Waals surface area (Å²) in [6.07, 6.45) is -0.287. The quantitative estimate of drug-likeness (QED) is 0.817. The van der Waals surface area contributed by atoms with Gasteiger partial charge in [-0.2, -0.15) is 0 Å². The van der Waals surface area contributed by atoms with Crippen molar-refractivity contribution in [3.05, 3.63) is 54.1 Å². The zero-order valence-corrected chi connectivity index (χ0v) is 13.6. The van der Waals surface area contributed by atoms with Gasteiger partial charge in [-0.05, 0) is 30.7 Å². The number of carbonyl (C=O) groups is 2. The molecule has 1 atom stereocenters. The first-order valence-electron chi connectivity index (χ1n) is 7.56. The van der Waals surface area contributed by atoms with Crippen molar-refractivity contribution in [3.63, 3.8) is 0 Å². The second-order valence-electron chi connectivity index (χ2n) is 5.06. The number of rotatable bonds is 7. The zero-order chi connectivity index (χ0) is 17.5. The lowest BCUT2D eigenvalue weighted by Crippen LogP contribution is -2.33. The molecule has 6 nitrogen and oxygen atoms in total. The van der Waals surface area contributed by atoms with Crippen molar-refractivity contribution < 1.29 is 19.1 Å². The fourth-order valence-corrected chi connectivity index (χ4v) is 2.21. The van der Waals surface area contributed by atoms with Gasteiger partial charge >= 0.3 is 0 Å². The second kappa shape index (κ2) is 8.01. The summed E-state index contributed by atoms with van der Waals surface area (Å²) in [4.78, 5) is 23.9. The highest BCUT2D eigenvalue weighted by atomic mass is 16.5. The molecule has 0 saturated carbocycles. The van der Waals surface area contributed by atoms with Gasteiger partial charge in [0.15, 0.2) is 17.6 Å². The van der Waals surface area contributed by atoms with E-state index in [4.69, 9.17) is 15.2 Å². The van der Waals surface area contributed by atoms with Gasteiger partial charge in [-0.3, -0.25) is 9.59 Å². The Hall–Kier alpha value is -3.02. The average Bonchev–Trinajstić information content (AvgIpc) is 2.60. The van der Waals surface area contributed by atoms with Gasteiger partial charge in [0.1, 0.15) is 0 Å². The average molecular weight is 328 g/mol. The molecule has 0 bridgehead atoms. The van der Waals surface area contributed by atoms with Crippen LogP contribution in [0.15, 0.2) is 48.5 Å². The number of nitrogens with two attached hydrogens (primary N) is 1. The summed E-state index contributed by atoms with van der Waals surface area (Å²) in [6, 6.07) is 13.7. The first-order valence-corrected chi connectivity index (χ1v) is 7.56. The summed E-state index contributed by atoms with van der Waals surface area (Å²) in [6.45, 7) is 1.83. The fraction of sp³-hybridized carbons (Fsp3) is 0.222. The van der Waals surface area contributed by atoms with Gasteiger partial charge in [0.2, 0.25) is 0 Å². The second-order valence-corrected chi connectivity index (χ2v) is 5.06. The third-order valence-corrected chi connectivity index (χ3v) is 3.45. The Morgan fingerprint density at radius 3 is 2.33 bits per heavy atom. The third kappa shape index (κ3) is 4.04. The number of carbonyl (C=O) groups excluding carboxylic acids is 2. The summed E-state index contributed by atoms with van der Waals surface area (Å²) < 4.78 is 11.0. The van der Waals surface area contributed by atoms with E-state index in [0.29, 0.717) is 23.6 Å². The van der Waals surface area contributed by atoms with Crippen LogP contribution in [0.25, 0.3) is 0 Å². The van der Waals surface area contributed by atoms with Crippen LogP contribution in [0.2, 0.25) is 0 Å². The number of ether oxygens (including phenoxy) is 2. The molecule has 0 spiro atoms. The number of anilines is 1. The van der Waals surface area contributed by atoms with E-state index < -0.39 is 12.0 Å². The van der Waals surface area contributed by atoms with Crippen molar-refractivity contribution in [1.29, 1.82) is 0 Å². The number of benzene rings is 2. The molecule has 0 heterocycles. The monoisotopic (exact) mass is 328 g/mol. The molecule has 0 aliphatic carbocycles. The molecule has 3 N–H and O–H groups in total. The molecule has 0 aliphatic heterocycles. The predicted octanol–water partition coefficient (Wildman–Crippen LogP) is 2.59. The number of para-hydroxylation sites is 3. The van der Waals surface area contributed by atoms with Gasteiger partial charge in [-0.15, -0.1) is 0 Å². The summed E-state index contributed by atoms with van der Waals surface area (Å²) in [5, 5.41) is 2.70. The van der Waals surface area contributed by atoms with E-state index in [1.165, 1.54) is 7.11 Å². The molecule has 0 radical (unpaired) electrons. The predicted molar refractivity (Wildman–Crippen MR) is 91.3 cm³/mol. The van der Waals surface area contributed by atoms with Crippen molar-refractivity contribution >= 4 is 17.5 Å². The molecule has 24 heavy (non-hydrogen) atoms. The van der Waals surface area contributed by atoms with E-state index >= 15 is 0 Å². The van der Waals surface area contributed by atoms with Crippen LogP contribution in [0, 0.1) is 0 Å². The highest BCUT2D eigenvalue weighted by molar-refractivity contribution is 6.04. The van der Waals surface area contributed by atoms with Gasteiger partial charge in [0, 0.05) is 0 Å². The molecule has 0 fully saturated rings. The lowest BCUT2D eigenvalue weighted by atomic mass is 10.1. The largest absolute Gasteiger partial charge is 0.493 e. The summed E-state index contributed by atoms with van der Waals surface area (Å²) in [5.41, 5.74) is 5.93. The number of methoxy groups -OCH3 is 1. The maximum Gasteiger partial charge on any atom is 0.265 e. The Labute approximate surface area is 140 Å². The van der Waals surface area contributed by atoms with Crippen LogP contribution >= 0.6 is 0 Å². The van der Waals surface area contributed by atoms with Crippen LogP contribution < -0.4 is 20.5 Å². The number of primary amides is 1. The molecule has 2 rings (SSSR count). The van der Waals surface area contributed by atoms with E-state index in [2.05, 4.69) is 5.32 Å². The zero-order valence-electron chi connectivity index (χ0n) is 13.6. The fourth-order valence-electron chi connectivity index (χ4n) is 2.21. The Bertz CT molecular complexity index is 730. The van der Waals surface area contributed by atoms with E-state index in [1.807, 2.05) is 13.0 Å². The van der Waals surface area contributed by atoms with Crippen LogP contribution in [0.3, 0.4) is 0 Å². The van der Waals surface area contributed by atoms with Crippen molar-refractivity contribution in [2.45, 2.75) is 19.4 Å². The van der Waals surface area contributed by atoms with Crippen molar-refractivity contribution in [2.24, 2.45) is 5.73 Å². The van der Waals surface area contributed by atoms with E-state index in [0.717, 1.165) is 0 Å². The normalized spacial score (nSPS) is 11.4. The molecule has 2 aromatic rings. The molecular formula is C18H20N2O4. The van der Waals surface area contributed by atoms with E-state index in [-0.39, 0.29) is 11.5 Å². The molecule has 2 aromatic carbocycles. The van der Waals surface area contributed by atoms with Gasteiger partial charge in [0.05, 0.1) is 18.4 Å². The molecule has 0 aromatic heterocycles. The van der Waals surface area contributed by atoms with Gasteiger partial charge in [-0.1, -0.05) is 31.2 Å². The minimum Gasteiger partial charge on any atom is -0.493 e. The van der Waals surface area contributed by atoms with E-state index in [9.17, 15) is 9.59 Å². The molecule has 126 valence electrons. The van der Waals surface area contributed by atoms with Crippen LogP contribution in [-0.4, -0.2) is 25.0 Å². The Morgan fingerprint density at radius 1 is 1.08 bits per heavy atom. The molecule has 2 amide bonds. The standard InChI is InChI=1S/C18H20N2O4/c1-3-14(24-16-11-7-6-10-15(16)23-2)18(22)20-13-9-5-4-8-12(13)17(19)21/h4-11,14H,3H2,1-2H3,(H2,19,21)(H,20,22)/t14-/m1/s1. The summed E-state index contributed by atoms with van der Waals surface area (Å²) in [5.74, 6) is 0.0492. The van der Waals surface area contributed by atoms with Gasteiger partial charge in [0.25, 0.3) is 11.8 Å². The smallest absolute Gasteiger partial charge is 0.265 e. The van der Waals surface area contributed by atoms with E-state index in [1.54, 1.807) is 42.5 Å². The lowest BCUT2D eigenvalue weighted by molar-refractivity contribution is -0.122. The van der Waals surface area contributed by atoms with Crippen LogP contribution in [0.5, 0.6) is 11.5 Å². The third-order valence-electron chi connectivity index (χ3n) is 3.45. The minimum atomic E-state index is -0.734. The maximum absolute atomic E-state index is 12.5. The van der Waals surface area contributed by atoms with Crippen molar-refractivity contribution in [1.82, 2.24) is 0 Å². The highest BCUT2D eigenvalue weighted by Crippen LogP contribution is 2.27. The summed E-state index contributed by atoms with van der Waals surface area (Å²) >= 11 is 0. The number of nitrogens with one attached hydrogen (secondary N) is 1. The Kier molecular flexibility index (Phi) is 5.78. The van der Waals surface area contributed by atoms with Crippen LogP contribution in [-0.2, 0) is 4.79 Å². The van der Waals surface area contributed by atoms with Crippen LogP contribution in [0.1, 0.15) is 23.7 Å². The van der Waals surface area contributed by atoms with Crippen LogP contribution in [0.4, 0.5) is 5.69 Å². The Balaban J connectivity index is 2.16. The summed E-state index contributed by atoms with van der Waals surface area (Å²) in [7, 11) is 1.53. The number of amides is 2. The van der Waals surface area contributed by atoms with Crippen molar-refractivity contribution in [3.8, 4) is 11.5 Å². The SMILES string of the molecule is CC[C@@H](Oc1ccccc1OC)C(=O)Nc1ccccc1C(N)=O. The first kappa shape index (κ1) is 17.3. The molecule has 0 unspecified atom stereocenters. The van der Waals surface area contributed by atoms with Gasteiger partial charge in [-0.25, -0.2) is 0 Å². The highest BCUT2D eigenvalue weighted by Gasteiger charge is 2.21. The molecular weight excluding hydrogens is 308 g/mol. The number of hydrogen-bond donors (Lipinski definition) is 2. The lowest BCUT2D eigenvalue weighted by Gasteiger charge is -2.19. The molecule has 0 saturated heterocycles. The molecule has 6 heteroatoms. The topological polar surface area (TPSA) is 90.7 Å². The minimum absolute atomic E-state index is 0.248. The Morgan fingerprint density at radius 2 is 1.71 bits per heavy atom. The van der Waals surface area contributed by atoms with Gasteiger partial charge < -0.3 is 20.5 Å². The number of hydrogen-bond acceptors (Lipinski definition) is 4.